The van der Waals surface area contributed by atoms with Crippen molar-refractivity contribution in [1.82, 2.24) is 20.5 Å². The largest absolute Gasteiger partial charge is 0.354 e. The third kappa shape index (κ3) is 6.68. The molecule has 3 rings (SSSR count). The van der Waals surface area contributed by atoms with Gasteiger partial charge in [-0.05, 0) is 38.1 Å². The highest BCUT2D eigenvalue weighted by atomic mass is 35.5. The van der Waals surface area contributed by atoms with Gasteiger partial charge < -0.3 is 15.5 Å². The first-order chi connectivity index (χ1) is 11.7. The molecule has 6 nitrogen and oxygen atoms in total. The van der Waals surface area contributed by atoms with E-state index in [1.165, 1.54) is 0 Å². The molecule has 3 heterocycles. The smallest absolute Gasteiger partial charge is 0.237 e. The van der Waals surface area contributed by atoms with Crippen molar-refractivity contribution in [2.45, 2.75) is 44.6 Å². The van der Waals surface area contributed by atoms with Gasteiger partial charge in [0.05, 0.1) is 11.0 Å². The predicted molar refractivity (Wildman–Crippen MR) is 108 cm³/mol. The monoisotopic (exact) mass is 422 g/mol. The Hall–Kier alpha value is -0.890. The van der Waals surface area contributed by atoms with Crippen molar-refractivity contribution in [2.24, 2.45) is 5.92 Å². The Kier molecular flexibility index (Phi) is 10.5. The van der Waals surface area contributed by atoms with Gasteiger partial charge in [-0.3, -0.25) is 9.59 Å². The summed E-state index contributed by atoms with van der Waals surface area (Å²) in [5.74, 6) is 0.686. The number of halogens is 2. The molecule has 9 heteroatoms. The molecule has 0 aromatic carbocycles. The van der Waals surface area contributed by atoms with Crippen molar-refractivity contribution in [3.8, 4) is 0 Å². The minimum Gasteiger partial charge on any atom is -0.354 e. The van der Waals surface area contributed by atoms with Crippen LogP contribution in [0, 0.1) is 5.92 Å². The summed E-state index contributed by atoms with van der Waals surface area (Å²) in [7, 11) is 0. The Morgan fingerprint density at radius 1 is 1.31 bits per heavy atom. The number of hydrogen-bond acceptors (Lipinski definition) is 5. The number of hydrogen-bond donors (Lipinski definition) is 2. The number of amides is 2. The Bertz CT molecular complexity index is 553. The van der Waals surface area contributed by atoms with Gasteiger partial charge in [-0.15, -0.1) is 36.2 Å². The zero-order valence-electron chi connectivity index (χ0n) is 14.8. The second-order valence-corrected chi connectivity index (χ2v) is 7.65. The number of piperidine rings is 1. The third-order valence-corrected chi connectivity index (χ3v) is 5.69. The minimum atomic E-state index is -0.0235. The number of nitrogens with one attached hydrogen (secondary N) is 2. The van der Waals surface area contributed by atoms with Crippen LogP contribution in [0.4, 0.5) is 0 Å². The van der Waals surface area contributed by atoms with Crippen molar-refractivity contribution in [3.63, 3.8) is 0 Å². The molecule has 2 aliphatic heterocycles. The second-order valence-electron chi connectivity index (χ2n) is 6.67. The average Bonchev–Trinajstić information content (AvgIpc) is 3.31. The Balaban J connectivity index is 0.00000169. The van der Waals surface area contributed by atoms with Crippen molar-refractivity contribution in [2.75, 3.05) is 26.2 Å². The van der Waals surface area contributed by atoms with Gasteiger partial charge in [0.25, 0.3) is 0 Å². The van der Waals surface area contributed by atoms with Crippen LogP contribution >= 0.6 is 36.2 Å². The number of nitrogens with zero attached hydrogens (tertiary/aromatic N) is 2. The summed E-state index contributed by atoms with van der Waals surface area (Å²) < 4.78 is 0. The Morgan fingerprint density at radius 2 is 2.15 bits per heavy atom. The van der Waals surface area contributed by atoms with Gasteiger partial charge in [-0.1, -0.05) is 0 Å². The first-order valence-corrected chi connectivity index (χ1v) is 9.77. The van der Waals surface area contributed by atoms with E-state index in [2.05, 4.69) is 15.6 Å². The molecule has 2 amide bonds. The first kappa shape index (κ1) is 23.1. The summed E-state index contributed by atoms with van der Waals surface area (Å²) in [6, 6.07) is -0.0235. The lowest BCUT2D eigenvalue weighted by molar-refractivity contribution is -0.132. The Morgan fingerprint density at radius 3 is 2.85 bits per heavy atom. The summed E-state index contributed by atoms with van der Waals surface area (Å²) in [6.07, 6.45) is 7.13. The molecule has 2 saturated heterocycles. The zero-order valence-corrected chi connectivity index (χ0v) is 17.3. The molecule has 2 unspecified atom stereocenters. The molecule has 2 aliphatic rings. The number of carbonyl (C=O) groups is 2. The van der Waals surface area contributed by atoms with Crippen LogP contribution in [0.15, 0.2) is 11.6 Å². The van der Waals surface area contributed by atoms with Gasteiger partial charge in [0.15, 0.2) is 0 Å². The highest BCUT2D eigenvalue weighted by Crippen LogP contribution is 2.18. The molecule has 0 radical (unpaired) electrons. The standard InChI is InChI=1S/C17H26N4O2S.2ClH/c22-16(6-5-15-19-8-10-24-15)21-9-2-3-13(12-21)11-20-17(23)14-4-1-7-18-14;;/h8,10,13-14,18H,1-7,9,11-12H2,(H,20,23);2*1H. The topological polar surface area (TPSA) is 74.3 Å². The summed E-state index contributed by atoms with van der Waals surface area (Å²) in [6.45, 7) is 3.20. The molecule has 0 bridgehead atoms. The van der Waals surface area contributed by atoms with Crippen LogP contribution in [0.25, 0.3) is 0 Å². The van der Waals surface area contributed by atoms with Gasteiger partial charge in [-0.2, -0.15) is 0 Å². The van der Waals surface area contributed by atoms with E-state index >= 15 is 0 Å². The van der Waals surface area contributed by atoms with E-state index in [-0.39, 0.29) is 42.7 Å². The molecule has 0 saturated carbocycles. The molecule has 2 N–H and O–H groups in total. The van der Waals surface area contributed by atoms with Gasteiger partial charge in [0.1, 0.15) is 0 Å². The lowest BCUT2D eigenvalue weighted by Gasteiger charge is -2.33. The molecule has 0 spiro atoms. The number of carbonyl (C=O) groups excluding carboxylic acids is 2. The molecule has 2 fully saturated rings. The molecule has 2 atom stereocenters. The van der Waals surface area contributed by atoms with Crippen molar-refractivity contribution in [1.29, 1.82) is 0 Å². The lowest BCUT2D eigenvalue weighted by atomic mass is 9.97. The maximum atomic E-state index is 12.4. The first-order valence-electron chi connectivity index (χ1n) is 8.89. The van der Waals surface area contributed by atoms with E-state index in [1.807, 2.05) is 10.3 Å². The minimum absolute atomic E-state index is 0. The van der Waals surface area contributed by atoms with Gasteiger partial charge in [-0.25, -0.2) is 4.98 Å². The molecular weight excluding hydrogens is 395 g/mol. The Labute approximate surface area is 171 Å². The number of aryl methyl sites for hydroxylation is 1. The van der Waals surface area contributed by atoms with Crippen LogP contribution in [0.5, 0.6) is 0 Å². The van der Waals surface area contributed by atoms with Crippen LogP contribution < -0.4 is 10.6 Å². The van der Waals surface area contributed by atoms with Crippen LogP contribution in [0.1, 0.15) is 37.1 Å². The number of likely N-dealkylation sites (tertiary alicyclic amines) is 1. The van der Waals surface area contributed by atoms with Gasteiger partial charge >= 0.3 is 0 Å². The van der Waals surface area contributed by atoms with Crippen LogP contribution in [-0.2, 0) is 16.0 Å². The van der Waals surface area contributed by atoms with E-state index in [0.29, 0.717) is 18.9 Å². The highest BCUT2D eigenvalue weighted by Gasteiger charge is 2.26. The maximum Gasteiger partial charge on any atom is 0.237 e. The molecular formula is C17H28Cl2N4O2S. The van der Waals surface area contributed by atoms with Gasteiger partial charge in [0.2, 0.25) is 11.8 Å². The maximum absolute atomic E-state index is 12.4. The van der Waals surface area contributed by atoms with Crippen molar-refractivity contribution in [3.05, 3.63) is 16.6 Å². The molecule has 26 heavy (non-hydrogen) atoms. The summed E-state index contributed by atoms with van der Waals surface area (Å²) >= 11 is 1.60. The average molecular weight is 423 g/mol. The number of rotatable bonds is 6. The van der Waals surface area contributed by atoms with E-state index in [9.17, 15) is 9.59 Å². The van der Waals surface area contributed by atoms with Crippen LogP contribution in [0.2, 0.25) is 0 Å². The van der Waals surface area contributed by atoms with Crippen molar-refractivity contribution < 1.29 is 9.59 Å². The summed E-state index contributed by atoms with van der Waals surface area (Å²) in [5, 5.41) is 9.24. The zero-order chi connectivity index (χ0) is 16.8. The lowest BCUT2D eigenvalue weighted by Crippen LogP contribution is -2.46. The molecule has 1 aromatic heterocycles. The fourth-order valence-corrected chi connectivity index (χ4v) is 4.10. The fraction of sp³-hybridized carbons (Fsp3) is 0.706. The number of thiazole rings is 1. The van der Waals surface area contributed by atoms with E-state index in [0.717, 1.165) is 56.7 Å². The highest BCUT2D eigenvalue weighted by molar-refractivity contribution is 7.09. The van der Waals surface area contributed by atoms with Crippen LogP contribution in [0.3, 0.4) is 0 Å². The summed E-state index contributed by atoms with van der Waals surface area (Å²) in [4.78, 5) is 30.7. The normalized spacial score (nSPS) is 22.2. The predicted octanol–water partition coefficient (Wildman–Crippen LogP) is 2.03. The van der Waals surface area contributed by atoms with E-state index < -0.39 is 0 Å². The fourth-order valence-electron chi connectivity index (χ4n) is 3.48. The van der Waals surface area contributed by atoms with E-state index in [4.69, 9.17) is 0 Å². The second kappa shape index (κ2) is 11.7. The van der Waals surface area contributed by atoms with E-state index in [1.54, 1.807) is 17.5 Å². The SMILES string of the molecule is Cl.Cl.O=C(NCC1CCCN(C(=O)CCc2nccs2)C1)C1CCCN1. The summed E-state index contributed by atoms with van der Waals surface area (Å²) in [5.41, 5.74) is 0. The molecule has 148 valence electrons. The molecule has 0 aliphatic carbocycles. The third-order valence-electron chi connectivity index (χ3n) is 4.85. The van der Waals surface area contributed by atoms with Gasteiger partial charge in [0, 0.05) is 44.1 Å². The molecule has 1 aromatic rings. The quantitative estimate of drug-likeness (QED) is 0.735. The van der Waals surface area contributed by atoms with Crippen LogP contribution in [-0.4, -0.2) is 53.9 Å². The van der Waals surface area contributed by atoms with Crippen molar-refractivity contribution >= 4 is 48.0 Å². The number of aromatic nitrogens is 1.